The minimum Gasteiger partial charge on any atom is -0.448 e. The standard InChI is InChI=1S/C15H12N4OS2/c1-21-15-17-14-12(18-19-15)10-4-2-3-5-11(10)16-13(20-14)9-6-7-22-8-9/h2-8,13,16H,1H3/t13-/m0/s1. The summed E-state index contributed by atoms with van der Waals surface area (Å²) in [6.07, 6.45) is 1.63. The van der Waals surface area contributed by atoms with Crippen molar-refractivity contribution in [2.45, 2.75) is 11.4 Å². The van der Waals surface area contributed by atoms with Gasteiger partial charge in [-0.25, -0.2) is 0 Å². The minimum atomic E-state index is -0.292. The van der Waals surface area contributed by atoms with Crippen LogP contribution in [0.25, 0.3) is 11.3 Å². The molecule has 7 heteroatoms. The van der Waals surface area contributed by atoms with Crippen molar-refractivity contribution in [1.29, 1.82) is 0 Å². The van der Waals surface area contributed by atoms with Crippen molar-refractivity contribution < 1.29 is 4.74 Å². The quantitative estimate of drug-likeness (QED) is 0.722. The van der Waals surface area contributed by atoms with Gasteiger partial charge in [0.15, 0.2) is 11.9 Å². The Labute approximate surface area is 135 Å². The molecule has 3 heterocycles. The second-order valence-electron chi connectivity index (χ2n) is 4.70. The van der Waals surface area contributed by atoms with Crippen LogP contribution in [0, 0.1) is 0 Å². The van der Waals surface area contributed by atoms with Gasteiger partial charge in [0.25, 0.3) is 0 Å². The normalized spacial score (nSPS) is 16.0. The number of ether oxygens (including phenoxy) is 1. The van der Waals surface area contributed by atoms with E-state index >= 15 is 0 Å². The number of thiophene rings is 1. The number of benzene rings is 1. The lowest BCUT2D eigenvalue weighted by molar-refractivity contribution is 0.226. The summed E-state index contributed by atoms with van der Waals surface area (Å²) in [6, 6.07) is 10.0. The van der Waals surface area contributed by atoms with Crippen LogP contribution < -0.4 is 10.1 Å². The van der Waals surface area contributed by atoms with Crippen LogP contribution in [0.5, 0.6) is 5.88 Å². The SMILES string of the molecule is CSc1nnc2c(n1)O[C@@H](c1ccsc1)Nc1ccccc1-2. The summed E-state index contributed by atoms with van der Waals surface area (Å²) >= 11 is 3.08. The van der Waals surface area contributed by atoms with Gasteiger partial charge in [-0.2, -0.15) is 16.3 Å². The fourth-order valence-electron chi connectivity index (χ4n) is 2.31. The molecule has 0 saturated carbocycles. The monoisotopic (exact) mass is 328 g/mol. The number of nitrogens with zero attached hydrogens (tertiary/aromatic N) is 3. The molecule has 4 rings (SSSR count). The molecule has 0 bridgehead atoms. The Morgan fingerprint density at radius 2 is 2.14 bits per heavy atom. The molecule has 3 aromatic rings. The molecule has 22 heavy (non-hydrogen) atoms. The maximum atomic E-state index is 6.09. The van der Waals surface area contributed by atoms with Crippen LogP contribution in [0.3, 0.4) is 0 Å². The summed E-state index contributed by atoms with van der Waals surface area (Å²) < 4.78 is 6.09. The Kier molecular flexibility index (Phi) is 3.44. The molecule has 1 N–H and O–H groups in total. The molecule has 1 aliphatic heterocycles. The van der Waals surface area contributed by atoms with E-state index in [2.05, 4.69) is 25.9 Å². The first-order valence-corrected chi connectivity index (χ1v) is 8.85. The van der Waals surface area contributed by atoms with Gasteiger partial charge in [-0.1, -0.05) is 30.0 Å². The second-order valence-corrected chi connectivity index (χ2v) is 6.25. The minimum absolute atomic E-state index is 0.292. The predicted molar refractivity (Wildman–Crippen MR) is 88.4 cm³/mol. The van der Waals surface area contributed by atoms with Crippen molar-refractivity contribution in [3.63, 3.8) is 0 Å². The first kappa shape index (κ1) is 13.5. The van der Waals surface area contributed by atoms with Gasteiger partial charge in [0.1, 0.15) is 0 Å². The average Bonchev–Trinajstić information content (AvgIpc) is 3.04. The second kappa shape index (κ2) is 5.58. The molecule has 0 spiro atoms. The highest BCUT2D eigenvalue weighted by molar-refractivity contribution is 7.98. The molecule has 2 aromatic heterocycles. The van der Waals surface area contributed by atoms with Gasteiger partial charge in [-0.15, -0.1) is 10.2 Å². The first-order valence-electron chi connectivity index (χ1n) is 6.68. The molecule has 110 valence electrons. The van der Waals surface area contributed by atoms with Gasteiger partial charge in [-0.05, 0) is 29.1 Å². The fourth-order valence-corrected chi connectivity index (χ4v) is 3.28. The number of hydrogen-bond donors (Lipinski definition) is 1. The Morgan fingerprint density at radius 1 is 1.23 bits per heavy atom. The molecule has 0 unspecified atom stereocenters. The Bertz CT molecular complexity index is 807. The van der Waals surface area contributed by atoms with Crippen LogP contribution in [0.2, 0.25) is 0 Å². The average molecular weight is 328 g/mol. The van der Waals surface area contributed by atoms with E-state index in [1.807, 2.05) is 42.0 Å². The number of rotatable bonds is 2. The summed E-state index contributed by atoms with van der Waals surface area (Å²) in [6.45, 7) is 0. The molecule has 0 saturated heterocycles. The number of thioether (sulfide) groups is 1. The molecule has 0 amide bonds. The Balaban J connectivity index is 1.88. The van der Waals surface area contributed by atoms with Crippen LogP contribution in [0.15, 0.2) is 46.2 Å². The predicted octanol–water partition coefficient (Wildman–Crippen LogP) is 3.83. The summed E-state index contributed by atoms with van der Waals surface area (Å²) in [4.78, 5) is 4.48. The summed E-state index contributed by atoms with van der Waals surface area (Å²) in [5, 5.41) is 16.6. The molecule has 1 atom stereocenters. The molecule has 0 fully saturated rings. The topological polar surface area (TPSA) is 59.9 Å². The van der Waals surface area contributed by atoms with Gasteiger partial charge in [0.05, 0.1) is 0 Å². The van der Waals surface area contributed by atoms with E-state index < -0.39 is 0 Å². The highest BCUT2D eigenvalue weighted by Gasteiger charge is 2.25. The Morgan fingerprint density at radius 3 is 2.95 bits per heavy atom. The summed E-state index contributed by atoms with van der Waals surface area (Å²) in [7, 11) is 0. The van der Waals surface area contributed by atoms with Gasteiger partial charge in [0.2, 0.25) is 11.0 Å². The van der Waals surface area contributed by atoms with Crippen molar-refractivity contribution >= 4 is 28.8 Å². The molecule has 5 nitrogen and oxygen atoms in total. The van der Waals surface area contributed by atoms with Crippen LogP contribution in [-0.4, -0.2) is 21.4 Å². The zero-order valence-corrected chi connectivity index (χ0v) is 13.3. The third-order valence-corrected chi connectivity index (χ3v) is 4.60. The summed E-state index contributed by atoms with van der Waals surface area (Å²) in [5.41, 5.74) is 3.64. The van der Waals surface area contributed by atoms with E-state index in [9.17, 15) is 0 Å². The van der Waals surface area contributed by atoms with Crippen LogP contribution in [0.1, 0.15) is 11.8 Å². The van der Waals surface area contributed by atoms with Crippen molar-refractivity contribution in [2.75, 3.05) is 11.6 Å². The lowest BCUT2D eigenvalue weighted by Crippen LogP contribution is -2.16. The van der Waals surface area contributed by atoms with Gasteiger partial charge in [0, 0.05) is 16.8 Å². The maximum absolute atomic E-state index is 6.09. The lowest BCUT2D eigenvalue weighted by Gasteiger charge is -2.17. The maximum Gasteiger partial charge on any atom is 0.247 e. The molecular formula is C15H12N4OS2. The number of hydrogen-bond acceptors (Lipinski definition) is 7. The number of anilines is 1. The van der Waals surface area contributed by atoms with Crippen molar-refractivity contribution in [3.05, 3.63) is 46.7 Å². The largest absolute Gasteiger partial charge is 0.448 e. The van der Waals surface area contributed by atoms with Crippen LogP contribution >= 0.6 is 23.1 Å². The van der Waals surface area contributed by atoms with Gasteiger partial charge >= 0.3 is 0 Å². The summed E-state index contributed by atoms with van der Waals surface area (Å²) in [5.74, 6) is 0.507. The number of para-hydroxylation sites is 1. The van der Waals surface area contributed by atoms with E-state index in [0.717, 1.165) is 16.8 Å². The van der Waals surface area contributed by atoms with Crippen LogP contribution in [-0.2, 0) is 0 Å². The van der Waals surface area contributed by atoms with Crippen molar-refractivity contribution in [3.8, 4) is 17.1 Å². The number of aromatic nitrogens is 3. The highest BCUT2D eigenvalue weighted by atomic mass is 32.2. The molecular weight excluding hydrogens is 316 g/mol. The zero-order valence-electron chi connectivity index (χ0n) is 11.7. The van der Waals surface area contributed by atoms with Gasteiger partial charge < -0.3 is 10.1 Å². The van der Waals surface area contributed by atoms with E-state index in [1.54, 1.807) is 11.3 Å². The van der Waals surface area contributed by atoms with E-state index in [4.69, 9.17) is 4.74 Å². The van der Waals surface area contributed by atoms with E-state index in [1.165, 1.54) is 11.8 Å². The smallest absolute Gasteiger partial charge is 0.247 e. The first-order chi connectivity index (χ1) is 10.8. The van der Waals surface area contributed by atoms with Crippen molar-refractivity contribution in [1.82, 2.24) is 15.2 Å². The van der Waals surface area contributed by atoms with Crippen LogP contribution in [0.4, 0.5) is 5.69 Å². The number of nitrogens with one attached hydrogen (secondary N) is 1. The molecule has 1 aromatic carbocycles. The van der Waals surface area contributed by atoms with Gasteiger partial charge in [-0.3, -0.25) is 0 Å². The molecule has 1 aliphatic rings. The molecule has 0 radical (unpaired) electrons. The lowest BCUT2D eigenvalue weighted by atomic mass is 10.1. The molecule has 0 aliphatic carbocycles. The zero-order chi connectivity index (χ0) is 14.9. The highest BCUT2D eigenvalue weighted by Crippen LogP contribution is 2.39. The third-order valence-electron chi connectivity index (χ3n) is 3.36. The number of fused-ring (bicyclic) bond motifs is 3. The third kappa shape index (κ3) is 2.32. The Hall–Kier alpha value is -2.12. The van der Waals surface area contributed by atoms with E-state index in [0.29, 0.717) is 16.7 Å². The van der Waals surface area contributed by atoms with Crippen molar-refractivity contribution in [2.24, 2.45) is 0 Å². The van der Waals surface area contributed by atoms with E-state index in [-0.39, 0.29) is 6.23 Å². The fraction of sp³-hybridized carbons (Fsp3) is 0.133.